The Morgan fingerprint density at radius 3 is 2.62 bits per heavy atom. The number of benzene rings is 1. The number of aromatic nitrogens is 1. The van der Waals surface area contributed by atoms with E-state index in [1.807, 2.05) is 26.1 Å². The average Bonchev–Trinajstić information content (AvgIpc) is 2.80. The maximum atomic E-state index is 13.5. The van der Waals surface area contributed by atoms with Gasteiger partial charge in [-0.05, 0) is 56.8 Å². The smallest absolute Gasteiger partial charge is 0.247 e. The summed E-state index contributed by atoms with van der Waals surface area (Å²) in [6.07, 6.45) is 2.39. The van der Waals surface area contributed by atoms with Crippen molar-refractivity contribution in [1.29, 1.82) is 0 Å². The lowest BCUT2D eigenvalue weighted by molar-refractivity contribution is 0.0733. The summed E-state index contributed by atoms with van der Waals surface area (Å²) in [6.45, 7) is 6.41. The van der Waals surface area contributed by atoms with Crippen molar-refractivity contribution >= 4 is 10.0 Å². The normalized spacial score (nSPS) is 21.9. The zero-order valence-corrected chi connectivity index (χ0v) is 20.9. The largest absolute Gasteiger partial charge is 0.487 e. The Kier molecular flexibility index (Phi) is 8.68. The van der Waals surface area contributed by atoms with E-state index in [2.05, 4.69) is 21.7 Å². The molecule has 2 heterocycles. The quantitative estimate of drug-likeness (QED) is 0.598. The summed E-state index contributed by atoms with van der Waals surface area (Å²) in [4.78, 5) is 6.23. The average molecular weight is 488 g/mol. The highest BCUT2D eigenvalue weighted by atomic mass is 32.2. The first kappa shape index (κ1) is 26.1. The SMILES string of the molecule is C[C@H](O)C#Cc1ccc2c(c1)O[C@H](CN(C)Cc1ccncc1)[C@H](C)CN([C@@H](C)CO)S2(=O)=O. The molecular weight excluding hydrogens is 454 g/mol. The van der Waals surface area contributed by atoms with Crippen LogP contribution < -0.4 is 4.74 Å². The fourth-order valence-electron chi connectivity index (χ4n) is 3.88. The van der Waals surface area contributed by atoms with E-state index in [0.29, 0.717) is 18.7 Å². The van der Waals surface area contributed by atoms with Crippen molar-refractivity contribution in [3.63, 3.8) is 0 Å². The Balaban J connectivity index is 1.99. The first-order chi connectivity index (χ1) is 16.1. The fourth-order valence-corrected chi connectivity index (χ4v) is 5.71. The van der Waals surface area contributed by atoms with Gasteiger partial charge in [0.05, 0.1) is 6.61 Å². The van der Waals surface area contributed by atoms with Gasteiger partial charge in [-0.3, -0.25) is 9.88 Å². The molecule has 1 aromatic heterocycles. The minimum atomic E-state index is -3.91. The van der Waals surface area contributed by atoms with Crippen molar-refractivity contribution in [2.24, 2.45) is 5.92 Å². The van der Waals surface area contributed by atoms with E-state index in [0.717, 1.165) is 5.56 Å². The van der Waals surface area contributed by atoms with Crippen LogP contribution in [0.1, 0.15) is 31.9 Å². The van der Waals surface area contributed by atoms with Crippen LogP contribution in [0.5, 0.6) is 5.75 Å². The molecule has 0 spiro atoms. The summed E-state index contributed by atoms with van der Waals surface area (Å²) in [5.41, 5.74) is 1.67. The van der Waals surface area contributed by atoms with Crippen molar-refractivity contribution in [1.82, 2.24) is 14.2 Å². The van der Waals surface area contributed by atoms with Crippen molar-refractivity contribution in [2.45, 2.75) is 50.5 Å². The number of nitrogens with zero attached hydrogens (tertiary/aromatic N) is 3. The third kappa shape index (κ3) is 6.34. The van der Waals surface area contributed by atoms with Crippen LogP contribution in [0.4, 0.5) is 0 Å². The molecule has 3 rings (SSSR count). The molecule has 1 aliphatic rings. The Bertz CT molecular complexity index is 1130. The number of fused-ring (bicyclic) bond motifs is 1. The highest BCUT2D eigenvalue weighted by molar-refractivity contribution is 7.89. The van der Waals surface area contributed by atoms with Crippen LogP contribution in [-0.4, -0.2) is 77.8 Å². The Hall–Kier alpha value is -2.48. The molecule has 0 unspecified atom stereocenters. The van der Waals surface area contributed by atoms with Crippen molar-refractivity contribution < 1.29 is 23.4 Å². The molecule has 2 aromatic rings. The summed E-state index contributed by atoms with van der Waals surface area (Å²) in [6, 6.07) is 8.03. The molecule has 0 aliphatic carbocycles. The molecule has 0 fully saturated rings. The third-order valence-corrected chi connectivity index (χ3v) is 7.81. The van der Waals surface area contributed by atoms with E-state index < -0.39 is 22.2 Å². The van der Waals surface area contributed by atoms with Gasteiger partial charge in [-0.1, -0.05) is 18.8 Å². The van der Waals surface area contributed by atoms with Crippen LogP contribution in [0, 0.1) is 17.8 Å². The molecule has 1 aliphatic heterocycles. The summed E-state index contributed by atoms with van der Waals surface area (Å²) < 4.78 is 34.7. The van der Waals surface area contributed by atoms with Crippen molar-refractivity contribution in [3.05, 3.63) is 53.9 Å². The number of hydrogen-bond donors (Lipinski definition) is 2. The Morgan fingerprint density at radius 1 is 1.26 bits per heavy atom. The molecule has 0 radical (unpaired) electrons. The maximum Gasteiger partial charge on any atom is 0.247 e. The third-order valence-electron chi connectivity index (χ3n) is 5.79. The lowest BCUT2D eigenvalue weighted by Gasteiger charge is -2.37. The molecular formula is C25H33N3O5S. The zero-order chi connectivity index (χ0) is 24.9. The number of aliphatic hydroxyl groups excluding tert-OH is 2. The van der Waals surface area contributed by atoms with Gasteiger partial charge in [0.2, 0.25) is 10.0 Å². The van der Waals surface area contributed by atoms with Gasteiger partial charge in [0, 0.05) is 49.6 Å². The molecule has 184 valence electrons. The van der Waals surface area contributed by atoms with E-state index in [1.54, 1.807) is 38.4 Å². The summed E-state index contributed by atoms with van der Waals surface area (Å²) in [7, 11) is -1.91. The minimum absolute atomic E-state index is 0.0454. The van der Waals surface area contributed by atoms with Crippen LogP contribution in [0.25, 0.3) is 0 Å². The Labute approximate surface area is 202 Å². The van der Waals surface area contributed by atoms with Gasteiger partial charge in [-0.15, -0.1) is 0 Å². The summed E-state index contributed by atoms with van der Waals surface area (Å²) >= 11 is 0. The van der Waals surface area contributed by atoms with E-state index >= 15 is 0 Å². The monoisotopic (exact) mass is 487 g/mol. The second kappa shape index (κ2) is 11.3. The highest BCUT2D eigenvalue weighted by Gasteiger charge is 2.38. The first-order valence-corrected chi connectivity index (χ1v) is 12.8. The fraction of sp³-hybridized carbons (Fsp3) is 0.480. The number of aliphatic hydroxyl groups is 2. The molecule has 4 atom stereocenters. The van der Waals surface area contributed by atoms with E-state index in [-0.39, 0.29) is 35.8 Å². The summed E-state index contributed by atoms with van der Waals surface area (Å²) in [5, 5.41) is 19.3. The van der Waals surface area contributed by atoms with Gasteiger partial charge in [-0.25, -0.2) is 8.42 Å². The van der Waals surface area contributed by atoms with Crippen LogP contribution in [0.3, 0.4) is 0 Å². The first-order valence-electron chi connectivity index (χ1n) is 11.3. The molecule has 0 saturated heterocycles. The molecule has 1 aromatic carbocycles. The van der Waals surface area contributed by atoms with Gasteiger partial charge >= 0.3 is 0 Å². The van der Waals surface area contributed by atoms with Gasteiger partial charge in [-0.2, -0.15) is 4.31 Å². The lowest BCUT2D eigenvalue weighted by atomic mass is 10.0. The van der Waals surface area contributed by atoms with Gasteiger partial charge in [0.1, 0.15) is 22.9 Å². The van der Waals surface area contributed by atoms with E-state index in [9.17, 15) is 18.6 Å². The standard InChI is InChI=1S/C25H33N3O5S/c1-18-14-28(19(2)17-29)34(31,32)25-8-7-21(6-5-20(3)30)13-23(25)33-24(18)16-27(4)15-22-9-11-26-12-10-22/h7-13,18-20,24,29-30H,14-17H2,1-4H3/t18-,19+,20+,24-/m1/s1. The molecule has 9 heteroatoms. The molecule has 2 N–H and O–H groups in total. The van der Waals surface area contributed by atoms with Crippen molar-refractivity contribution in [2.75, 3.05) is 26.7 Å². The predicted octanol–water partition coefficient (Wildman–Crippen LogP) is 1.71. The molecule has 0 saturated carbocycles. The highest BCUT2D eigenvalue weighted by Crippen LogP contribution is 2.34. The second-order valence-electron chi connectivity index (χ2n) is 8.90. The zero-order valence-electron chi connectivity index (χ0n) is 20.0. The topological polar surface area (TPSA) is 103 Å². The Morgan fingerprint density at radius 2 is 1.97 bits per heavy atom. The van der Waals surface area contributed by atoms with E-state index in [4.69, 9.17) is 4.74 Å². The minimum Gasteiger partial charge on any atom is -0.487 e. The lowest BCUT2D eigenvalue weighted by Crippen LogP contribution is -2.49. The number of ether oxygens (including phenoxy) is 1. The number of pyridine rings is 1. The second-order valence-corrected chi connectivity index (χ2v) is 10.8. The molecule has 8 nitrogen and oxygen atoms in total. The molecule has 0 amide bonds. The molecule has 0 bridgehead atoms. The molecule has 34 heavy (non-hydrogen) atoms. The number of rotatable bonds is 6. The number of sulfonamides is 1. The number of likely N-dealkylation sites (N-methyl/N-ethyl adjacent to an activating group) is 1. The summed E-state index contributed by atoms with van der Waals surface area (Å²) in [5.74, 6) is 5.61. The maximum absolute atomic E-state index is 13.5. The van der Waals surface area contributed by atoms with Crippen LogP contribution in [0.2, 0.25) is 0 Å². The van der Waals surface area contributed by atoms with Gasteiger partial charge in [0.25, 0.3) is 0 Å². The van der Waals surface area contributed by atoms with Crippen molar-refractivity contribution in [3.8, 4) is 17.6 Å². The number of hydrogen-bond acceptors (Lipinski definition) is 7. The van der Waals surface area contributed by atoms with Crippen LogP contribution in [0.15, 0.2) is 47.6 Å². The van der Waals surface area contributed by atoms with Gasteiger partial charge in [0.15, 0.2) is 0 Å². The van der Waals surface area contributed by atoms with Crippen LogP contribution >= 0.6 is 0 Å². The van der Waals surface area contributed by atoms with E-state index in [1.165, 1.54) is 10.4 Å². The van der Waals surface area contributed by atoms with Crippen LogP contribution in [-0.2, 0) is 16.6 Å². The van der Waals surface area contributed by atoms with Gasteiger partial charge < -0.3 is 14.9 Å². The predicted molar refractivity (Wildman–Crippen MR) is 130 cm³/mol.